The second kappa shape index (κ2) is 7.74. The molecule has 0 amide bonds. The molecule has 3 aromatic rings. The molecule has 1 aromatic heterocycles. The largest absolute Gasteiger partial charge is 0.340 e. The van der Waals surface area contributed by atoms with Gasteiger partial charge in [0.2, 0.25) is 5.95 Å². The van der Waals surface area contributed by atoms with Crippen molar-refractivity contribution >= 4 is 34.7 Å². The van der Waals surface area contributed by atoms with Crippen LogP contribution in [0.15, 0.2) is 42.5 Å². The Hall–Kier alpha value is -3.61. The summed E-state index contributed by atoms with van der Waals surface area (Å²) in [4.78, 5) is 8.62. The quantitative estimate of drug-likeness (QED) is 0.625. The van der Waals surface area contributed by atoms with E-state index in [2.05, 4.69) is 32.7 Å². The van der Waals surface area contributed by atoms with Crippen molar-refractivity contribution in [3.05, 3.63) is 69.9 Å². The number of nitrogens with one attached hydrogen (secondary N) is 2. The molecule has 0 atom stereocenters. The van der Waals surface area contributed by atoms with Crippen LogP contribution in [0, 0.1) is 36.5 Å². The van der Waals surface area contributed by atoms with Crippen molar-refractivity contribution in [2.24, 2.45) is 0 Å². The fraction of sp³-hybridized carbons (Fsp3) is 0.100. The normalized spacial score (nSPS) is 9.96. The Kier molecular flexibility index (Phi) is 5.21. The SMILES string of the molecule is Cc1cc(C#N)cc(C)c1Nc1cc(Cl)nc(Nc2ccc(C#N)cc2)n1. The lowest BCUT2D eigenvalue weighted by atomic mass is 10.0. The summed E-state index contributed by atoms with van der Waals surface area (Å²) >= 11 is 6.14. The van der Waals surface area contributed by atoms with E-state index in [1.54, 1.807) is 30.3 Å². The van der Waals surface area contributed by atoms with Crippen LogP contribution in [-0.4, -0.2) is 9.97 Å². The van der Waals surface area contributed by atoms with Gasteiger partial charge in [-0.2, -0.15) is 15.5 Å². The third-order valence-corrected chi connectivity index (χ3v) is 4.07. The molecule has 132 valence electrons. The summed E-state index contributed by atoms with van der Waals surface area (Å²) in [6.45, 7) is 3.85. The van der Waals surface area contributed by atoms with E-state index in [1.165, 1.54) is 0 Å². The van der Waals surface area contributed by atoms with Gasteiger partial charge in [0, 0.05) is 17.4 Å². The van der Waals surface area contributed by atoms with Crippen LogP contribution in [0.1, 0.15) is 22.3 Å². The predicted octanol–water partition coefficient (Wildman–Crippen LogP) is 4.98. The first kappa shape index (κ1) is 18.2. The zero-order chi connectivity index (χ0) is 19.4. The van der Waals surface area contributed by atoms with Gasteiger partial charge in [-0.25, -0.2) is 4.98 Å². The first-order valence-corrected chi connectivity index (χ1v) is 8.46. The monoisotopic (exact) mass is 374 g/mol. The average Bonchev–Trinajstić information content (AvgIpc) is 2.64. The van der Waals surface area contributed by atoms with Gasteiger partial charge >= 0.3 is 0 Å². The van der Waals surface area contributed by atoms with Crippen molar-refractivity contribution in [3.63, 3.8) is 0 Å². The van der Waals surface area contributed by atoms with Crippen molar-refractivity contribution in [1.82, 2.24) is 9.97 Å². The number of rotatable bonds is 4. The van der Waals surface area contributed by atoms with Crippen molar-refractivity contribution in [1.29, 1.82) is 10.5 Å². The smallest absolute Gasteiger partial charge is 0.230 e. The molecule has 0 saturated carbocycles. The molecular weight excluding hydrogens is 360 g/mol. The van der Waals surface area contributed by atoms with E-state index in [9.17, 15) is 0 Å². The molecule has 6 nitrogen and oxygen atoms in total. The van der Waals surface area contributed by atoms with Crippen LogP contribution < -0.4 is 10.6 Å². The first-order chi connectivity index (χ1) is 13.0. The van der Waals surface area contributed by atoms with Gasteiger partial charge in [-0.15, -0.1) is 0 Å². The Morgan fingerprint density at radius 2 is 1.48 bits per heavy atom. The zero-order valence-electron chi connectivity index (χ0n) is 14.7. The van der Waals surface area contributed by atoms with Crippen LogP contribution >= 0.6 is 11.6 Å². The number of halogens is 1. The molecule has 0 aliphatic rings. The number of hydrogen-bond donors (Lipinski definition) is 2. The molecule has 2 aromatic carbocycles. The predicted molar refractivity (Wildman–Crippen MR) is 105 cm³/mol. The number of hydrogen-bond acceptors (Lipinski definition) is 6. The standard InChI is InChI=1S/C20H15ClN6/c1-12-7-15(11-23)8-13(2)19(12)26-18-9-17(21)25-20(27-18)24-16-5-3-14(10-22)4-6-16/h3-9H,1-2H3,(H2,24,25,26,27). The third kappa shape index (κ3) is 4.33. The average molecular weight is 375 g/mol. The molecule has 0 radical (unpaired) electrons. The molecule has 0 aliphatic carbocycles. The molecule has 1 heterocycles. The number of benzene rings is 2. The molecule has 7 heteroatoms. The van der Waals surface area contributed by atoms with Crippen LogP contribution in [0.2, 0.25) is 5.15 Å². The number of nitrogens with zero attached hydrogens (tertiary/aromatic N) is 4. The second-order valence-corrected chi connectivity index (χ2v) is 6.32. The molecule has 27 heavy (non-hydrogen) atoms. The summed E-state index contributed by atoms with van der Waals surface area (Å²) < 4.78 is 0. The summed E-state index contributed by atoms with van der Waals surface area (Å²) in [5, 5.41) is 24.6. The highest BCUT2D eigenvalue weighted by atomic mass is 35.5. The Labute approximate surface area is 162 Å². The Bertz CT molecular complexity index is 1050. The van der Waals surface area contributed by atoms with Gasteiger partial charge in [0.05, 0.1) is 23.3 Å². The van der Waals surface area contributed by atoms with Crippen LogP contribution in [-0.2, 0) is 0 Å². The van der Waals surface area contributed by atoms with Crippen molar-refractivity contribution < 1.29 is 0 Å². The van der Waals surface area contributed by atoms with Crippen molar-refractivity contribution in [3.8, 4) is 12.1 Å². The molecule has 2 N–H and O–H groups in total. The summed E-state index contributed by atoms with van der Waals surface area (Å²) in [6.07, 6.45) is 0. The molecule has 0 aliphatic heterocycles. The molecule has 3 rings (SSSR count). The molecule has 0 fully saturated rings. The molecule has 0 spiro atoms. The van der Waals surface area contributed by atoms with E-state index in [-0.39, 0.29) is 5.15 Å². The third-order valence-electron chi connectivity index (χ3n) is 3.88. The van der Waals surface area contributed by atoms with Gasteiger partial charge in [0.1, 0.15) is 11.0 Å². The lowest BCUT2D eigenvalue weighted by molar-refractivity contribution is 1.16. The second-order valence-electron chi connectivity index (χ2n) is 5.94. The van der Waals surface area contributed by atoms with E-state index in [0.717, 1.165) is 22.5 Å². The number of nitriles is 2. The fourth-order valence-electron chi connectivity index (χ4n) is 2.65. The van der Waals surface area contributed by atoms with Gasteiger partial charge in [-0.05, 0) is 61.4 Å². The minimum absolute atomic E-state index is 0.285. The lowest BCUT2D eigenvalue weighted by Crippen LogP contribution is -2.03. The maximum Gasteiger partial charge on any atom is 0.230 e. The van der Waals surface area contributed by atoms with Crippen LogP contribution in [0.3, 0.4) is 0 Å². The van der Waals surface area contributed by atoms with E-state index in [0.29, 0.717) is 22.9 Å². The Morgan fingerprint density at radius 3 is 2.07 bits per heavy atom. The van der Waals surface area contributed by atoms with Gasteiger partial charge in [0.25, 0.3) is 0 Å². The summed E-state index contributed by atoms with van der Waals surface area (Å²) in [5.41, 5.74) is 4.66. The van der Waals surface area contributed by atoms with E-state index >= 15 is 0 Å². The number of anilines is 4. The highest BCUT2D eigenvalue weighted by Crippen LogP contribution is 2.27. The van der Waals surface area contributed by atoms with Crippen molar-refractivity contribution in [2.45, 2.75) is 13.8 Å². The van der Waals surface area contributed by atoms with Crippen molar-refractivity contribution in [2.75, 3.05) is 10.6 Å². The minimum Gasteiger partial charge on any atom is -0.340 e. The van der Waals surface area contributed by atoms with E-state index in [1.807, 2.05) is 26.0 Å². The molecule has 0 unspecified atom stereocenters. The van der Waals surface area contributed by atoms with Gasteiger partial charge in [-0.3, -0.25) is 0 Å². The maximum absolute atomic E-state index is 9.08. The lowest BCUT2D eigenvalue weighted by Gasteiger charge is -2.14. The van der Waals surface area contributed by atoms with E-state index < -0.39 is 0 Å². The summed E-state index contributed by atoms with van der Waals surface area (Å²) in [5.74, 6) is 0.862. The minimum atomic E-state index is 0.285. The number of aryl methyl sites for hydroxylation is 2. The summed E-state index contributed by atoms with van der Waals surface area (Å²) in [6, 6.07) is 16.4. The fourth-order valence-corrected chi connectivity index (χ4v) is 2.83. The van der Waals surface area contributed by atoms with Gasteiger partial charge in [0.15, 0.2) is 0 Å². The topological polar surface area (TPSA) is 97.4 Å². The molecule has 0 bridgehead atoms. The van der Waals surface area contributed by atoms with Gasteiger partial charge in [-0.1, -0.05) is 11.6 Å². The van der Waals surface area contributed by atoms with E-state index in [4.69, 9.17) is 22.1 Å². The highest BCUT2D eigenvalue weighted by Gasteiger charge is 2.09. The molecular formula is C20H15ClN6. The maximum atomic E-state index is 9.08. The first-order valence-electron chi connectivity index (χ1n) is 8.08. The van der Waals surface area contributed by atoms with Gasteiger partial charge < -0.3 is 10.6 Å². The number of aromatic nitrogens is 2. The summed E-state index contributed by atoms with van der Waals surface area (Å²) in [7, 11) is 0. The Balaban J connectivity index is 1.88. The molecule has 0 saturated heterocycles. The zero-order valence-corrected chi connectivity index (χ0v) is 15.5. The van der Waals surface area contributed by atoms with Crippen LogP contribution in [0.4, 0.5) is 23.1 Å². The highest BCUT2D eigenvalue weighted by molar-refractivity contribution is 6.29. The van der Waals surface area contributed by atoms with Crippen LogP contribution in [0.5, 0.6) is 0 Å². The van der Waals surface area contributed by atoms with Crippen LogP contribution in [0.25, 0.3) is 0 Å². The Morgan fingerprint density at radius 1 is 0.852 bits per heavy atom.